The van der Waals surface area contributed by atoms with Gasteiger partial charge in [0.25, 0.3) is 0 Å². The van der Waals surface area contributed by atoms with E-state index in [0.717, 1.165) is 6.26 Å². The number of carbonyl (C=O) groups is 1. The topological polar surface area (TPSA) is 111 Å². The molecule has 0 saturated carbocycles. The molecule has 0 bridgehead atoms. The highest BCUT2D eigenvalue weighted by Crippen LogP contribution is 2.28. The largest absolute Gasteiger partial charge is 0.494 e. The van der Waals surface area contributed by atoms with Crippen LogP contribution in [0.15, 0.2) is 18.2 Å². The third kappa shape index (κ3) is 6.19. The molecule has 9 heteroatoms. The van der Waals surface area contributed by atoms with Crippen molar-refractivity contribution in [2.45, 2.75) is 19.4 Å². The number of hydrogen-bond donors (Lipinski definition) is 3. The first kappa shape index (κ1) is 19.5. The summed E-state index contributed by atoms with van der Waals surface area (Å²) in [6.45, 7) is 3.16. The Morgan fingerprint density at radius 3 is 2.33 bits per heavy atom. The van der Waals surface area contributed by atoms with Gasteiger partial charge in [0.05, 0.1) is 24.6 Å². The molecule has 7 nitrogen and oxygen atoms in total. The molecule has 1 aromatic rings. The van der Waals surface area contributed by atoms with Gasteiger partial charge in [0, 0.05) is 11.8 Å². The van der Waals surface area contributed by atoms with Gasteiger partial charge in [-0.1, -0.05) is 0 Å². The van der Waals surface area contributed by atoms with Gasteiger partial charge in [-0.2, -0.15) is 0 Å². The number of benzene rings is 1. The smallest absolute Gasteiger partial charge is 0.243 e. The van der Waals surface area contributed by atoms with Crippen LogP contribution in [0.4, 0.5) is 11.4 Å². The lowest BCUT2D eigenvalue weighted by Crippen LogP contribution is -2.45. The predicted octanol–water partition coefficient (Wildman–Crippen LogP) is 1.16. The summed E-state index contributed by atoms with van der Waals surface area (Å²) in [7, 11) is -2.00. The summed E-state index contributed by atoms with van der Waals surface area (Å²) in [5.74, 6) is -0.0635. The van der Waals surface area contributed by atoms with Gasteiger partial charge in [0.2, 0.25) is 15.9 Å². The Bertz CT molecular complexity index is 611. The van der Waals surface area contributed by atoms with E-state index < -0.39 is 15.6 Å². The number of nitrogens with two attached hydrogens (primary N) is 1. The Hall–Kier alpha value is -1.51. The minimum absolute atomic E-state index is 0. The standard InChI is InChI=1S/C12H19N3O4S.ClH/c1-12(2,13)11(16)14-8-5-6-9(10(7-8)19-3)15-20(4,17)18;/h5-7,15H,13H2,1-4H3,(H,14,16);1H. The number of anilines is 2. The van der Waals surface area contributed by atoms with Gasteiger partial charge in [0.15, 0.2) is 0 Å². The van der Waals surface area contributed by atoms with Crippen molar-refractivity contribution in [3.05, 3.63) is 18.2 Å². The fraction of sp³-hybridized carbons (Fsp3) is 0.417. The molecule has 0 aromatic heterocycles. The van der Waals surface area contributed by atoms with Crippen LogP contribution >= 0.6 is 12.4 Å². The molecular weight excluding hydrogens is 318 g/mol. The van der Waals surface area contributed by atoms with Crippen LogP contribution in [-0.2, 0) is 14.8 Å². The van der Waals surface area contributed by atoms with Crippen molar-refractivity contribution in [1.82, 2.24) is 0 Å². The minimum atomic E-state index is -3.41. The molecule has 0 aliphatic rings. The van der Waals surface area contributed by atoms with Gasteiger partial charge in [-0.3, -0.25) is 9.52 Å². The number of ether oxygens (including phenoxy) is 1. The van der Waals surface area contributed by atoms with Gasteiger partial charge in [0.1, 0.15) is 5.75 Å². The summed E-state index contributed by atoms with van der Waals surface area (Å²) in [6, 6.07) is 4.57. The monoisotopic (exact) mass is 337 g/mol. The summed E-state index contributed by atoms with van der Waals surface area (Å²) >= 11 is 0. The maximum atomic E-state index is 11.8. The molecular formula is C12H20ClN3O4S. The Labute approximate surface area is 130 Å². The van der Waals surface area contributed by atoms with Crippen LogP contribution in [0.3, 0.4) is 0 Å². The number of rotatable bonds is 5. The summed E-state index contributed by atoms with van der Waals surface area (Å²) in [6.07, 6.45) is 1.04. The Morgan fingerprint density at radius 2 is 1.90 bits per heavy atom. The predicted molar refractivity (Wildman–Crippen MR) is 85.6 cm³/mol. The van der Waals surface area contributed by atoms with Crippen molar-refractivity contribution in [3.63, 3.8) is 0 Å². The molecule has 0 aliphatic carbocycles. The van der Waals surface area contributed by atoms with Gasteiger partial charge in [-0.25, -0.2) is 8.42 Å². The number of amides is 1. The fourth-order valence-electron chi connectivity index (χ4n) is 1.35. The highest BCUT2D eigenvalue weighted by atomic mass is 35.5. The second-order valence-corrected chi connectivity index (χ2v) is 6.71. The molecule has 0 unspecified atom stereocenters. The van der Waals surface area contributed by atoms with Crippen LogP contribution in [0, 0.1) is 0 Å². The van der Waals surface area contributed by atoms with E-state index in [1.807, 2.05) is 0 Å². The molecule has 0 saturated heterocycles. The Kier molecular flexibility index (Phi) is 6.47. The van der Waals surface area contributed by atoms with Gasteiger partial charge in [-0.05, 0) is 26.0 Å². The molecule has 0 fully saturated rings. The van der Waals surface area contributed by atoms with E-state index in [0.29, 0.717) is 17.1 Å². The summed E-state index contributed by atoms with van der Waals surface area (Å²) < 4.78 is 29.8. The first-order valence-corrected chi connectivity index (χ1v) is 7.68. The summed E-state index contributed by atoms with van der Waals surface area (Å²) in [5, 5.41) is 2.63. The number of carbonyl (C=O) groups excluding carboxylic acids is 1. The SMILES string of the molecule is COc1cc(NC(=O)C(C)(C)N)ccc1NS(C)(=O)=O.Cl. The molecule has 1 amide bonds. The second kappa shape index (κ2) is 6.97. The third-order valence-electron chi connectivity index (χ3n) is 2.34. The van der Waals surface area contributed by atoms with E-state index in [-0.39, 0.29) is 18.3 Å². The summed E-state index contributed by atoms with van der Waals surface area (Å²) in [5.41, 5.74) is 5.41. The maximum Gasteiger partial charge on any atom is 0.243 e. The molecule has 0 heterocycles. The third-order valence-corrected chi connectivity index (χ3v) is 2.93. The zero-order valence-corrected chi connectivity index (χ0v) is 13.9. The number of hydrogen-bond acceptors (Lipinski definition) is 5. The Balaban J connectivity index is 0.00000400. The van der Waals surface area contributed by atoms with Crippen molar-refractivity contribution < 1.29 is 17.9 Å². The van der Waals surface area contributed by atoms with Gasteiger partial charge >= 0.3 is 0 Å². The van der Waals surface area contributed by atoms with E-state index in [4.69, 9.17) is 10.5 Å². The molecule has 4 N–H and O–H groups in total. The van der Waals surface area contributed by atoms with Crippen molar-refractivity contribution >= 4 is 39.7 Å². The second-order valence-electron chi connectivity index (χ2n) is 4.97. The molecule has 0 spiro atoms. The van der Waals surface area contributed by atoms with Crippen molar-refractivity contribution in [3.8, 4) is 5.75 Å². The van der Waals surface area contributed by atoms with E-state index in [1.165, 1.54) is 19.2 Å². The quantitative estimate of drug-likeness (QED) is 0.746. The van der Waals surface area contributed by atoms with Crippen molar-refractivity contribution in [1.29, 1.82) is 0 Å². The van der Waals surface area contributed by atoms with Crippen LogP contribution in [0.25, 0.3) is 0 Å². The fourth-order valence-corrected chi connectivity index (χ4v) is 1.91. The van der Waals surface area contributed by atoms with E-state index in [1.54, 1.807) is 19.9 Å². The number of sulfonamides is 1. The van der Waals surface area contributed by atoms with Crippen LogP contribution < -0.4 is 20.5 Å². The number of nitrogens with one attached hydrogen (secondary N) is 2. The van der Waals surface area contributed by atoms with Gasteiger partial charge in [-0.15, -0.1) is 12.4 Å². The zero-order chi connectivity index (χ0) is 15.6. The lowest BCUT2D eigenvalue weighted by atomic mass is 10.1. The van der Waals surface area contributed by atoms with E-state index in [2.05, 4.69) is 10.0 Å². The lowest BCUT2D eigenvalue weighted by molar-refractivity contribution is -0.120. The number of methoxy groups -OCH3 is 1. The lowest BCUT2D eigenvalue weighted by Gasteiger charge is -2.18. The zero-order valence-electron chi connectivity index (χ0n) is 12.3. The first-order chi connectivity index (χ1) is 9.03. The molecule has 0 radical (unpaired) electrons. The van der Waals surface area contributed by atoms with Crippen LogP contribution in [0.1, 0.15) is 13.8 Å². The minimum Gasteiger partial charge on any atom is -0.494 e. The van der Waals surface area contributed by atoms with E-state index in [9.17, 15) is 13.2 Å². The first-order valence-electron chi connectivity index (χ1n) is 5.79. The van der Waals surface area contributed by atoms with Gasteiger partial charge < -0.3 is 15.8 Å². The molecule has 0 atom stereocenters. The van der Waals surface area contributed by atoms with Crippen LogP contribution in [-0.4, -0.2) is 33.2 Å². The highest BCUT2D eigenvalue weighted by Gasteiger charge is 2.22. The van der Waals surface area contributed by atoms with E-state index >= 15 is 0 Å². The molecule has 21 heavy (non-hydrogen) atoms. The average Bonchev–Trinajstić information content (AvgIpc) is 2.27. The highest BCUT2D eigenvalue weighted by molar-refractivity contribution is 7.92. The normalized spacial score (nSPS) is 11.3. The van der Waals surface area contributed by atoms with Crippen LogP contribution in [0.2, 0.25) is 0 Å². The Morgan fingerprint density at radius 1 is 1.33 bits per heavy atom. The molecule has 1 aromatic carbocycles. The average molecular weight is 338 g/mol. The molecule has 120 valence electrons. The number of halogens is 1. The van der Waals surface area contributed by atoms with Crippen molar-refractivity contribution in [2.75, 3.05) is 23.4 Å². The molecule has 0 aliphatic heterocycles. The van der Waals surface area contributed by atoms with Crippen molar-refractivity contribution in [2.24, 2.45) is 5.73 Å². The molecule has 1 rings (SSSR count). The summed E-state index contributed by atoms with van der Waals surface area (Å²) in [4.78, 5) is 11.8. The maximum absolute atomic E-state index is 11.8. The van der Waals surface area contributed by atoms with Crippen LogP contribution in [0.5, 0.6) is 5.75 Å².